The van der Waals surface area contributed by atoms with Gasteiger partial charge in [0, 0.05) is 68.3 Å². The highest BCUT2D eigenvalue weighted by atomic mass is 32.2. The van der Waals surface area contributed by atoms with E-state index in [4.69, 9.17) is 26.0 Å². The van der Waals surface area contributed by atoms with Crippen LogP contribution < -0.4 is 71.9 Å². The summed E-state index contributed by atoms with van der Waals surface area (Å²) in [5.74, 6) is -4.11. The molecule has 14 atom stereocenters. The molecule has 2 aliphatic rings. The molecular weight excluding hydrogens is 1590 g/mol. The fraction of sp³-hybridized carbons (Fsp3) is 0.638. The molecule has 14 unspecified atom stereocenters. The normalized spacial score (nSPS) is 22.3. The first-order valence-corrected chi connectivity index (χ1v) is 40.3. The van der Waals surface area contributed by atoms with Crippen LogP contribution in [0.5, 0.6) is 0 Å². The molecular formula is C47H68N14O36P6S2-8. The number of carbonyl (C=O) groups is 7. The molecule has 4 amide bonds. The number of thioether (sulfide) groups is 2. The van der Waals surface area contributed by atoms with Crippen molar-refractivity contribution in [2.75, 3.05) is 75.6 Å². The van der Waals surface area contributed by atoms with Crippen molar-refractivity contribution in [3.63, 3.8) is 0 Å². The number of nitrogens with one attached hydrogen (secondary N) is 4. The van der Waals surface area contributed by atoms with E-state index in [1.807, 2.05) is 0 Å². The molecule has 0 saturated carbocycles. The van der Waals surface area contributed by atoms with Gasteiger partial charge in [0.05, 0.1) is 54.7 Å². The van der Waals surface area contributed by atoms with E-state index >= 15 is 0 Å². The molecule has 2 saturated heterocycles. The summed E-state index contributed by atoms with van der Waals surface area (Å²) < 4.78 is 120. The predicted octanol–water partition coefficient (Wildman–Crippen LogP) is -8.23. The first-order valence-electron chi connectivity index (χ1n) is 29.6. The molecule has 0 aliphatic carbocycles. The van der Waals surface area contributed by atoms with Crippen molar-refractivity contribution in [3.05, 3.63) is 25.3 Å². The molecule has 0 bridgehead atoms. The monoisotopic (exact) mass is 1650 g/mol. The van der Waals surface area contributed by atoms with Gasteiger partial charge in [-0.25, -0.2) is 38.5 Å². The lowest BCUT2D eigenvalue weighted by Gasteiger charge is -2.36. The van der Waals surface area contributed by atoms with Gasteiger partial charge < -0.3 is 143 Å². The highest BCUT2D eigenvalue weighted by Crippen LogP contribution is 2.58. The number of aromatic nitrogens is 8. The Kier molecular flexibility index (Phi) is 32.9. The number of hydrogen-bond acceptors (Lipinski definition) is 45. The fourth-order valence-electron chi connectivity index (χ4n) is 8.75. The van der Waals surface area contributed by atoms with E-state index in [0.29, 0.717) is 17.5 Å². The van der Waals surface area contributed by atoms with Crippen LogP contribution in [0.3, 0.4) is 0 Å². The minimum Gasteiger partial charge on any atom is -0.790 e. The molecule has 6 heterocycles. The molecule has 2 fully saturated rings. The van der Waals surface area contributed by atoms with E-state index in [9.17, 15) is 121 Å². The first kappa shape index (κ1) is 90.2. The van der Waals surface area contributed by atoms with Crippen molar-refractivity contribution in [2.45, 2.75) is 115 Å². The smallest absolute Gasteiger partial charge is 0.311 e. The molecule has 592 valence electrons. The molecule has 0 aromatic carbocycles. The molecule has 58 heteroatoms. The number of carbonyl (C=O) groups excluding carboxylic acids is 6. The van der Waals surface area contributed by atoms with E-state index < -0.39 is 187 Å². The van der Waals surface area contributed by atoms with Crippen LogP contribution in [0.1, 0.15) is 66.3 Å². The van der Waals surface area contributed by atoms with Crippen molar-refractivity contribution in [2.24, 2.45) is 10.8 Å². The molecule has 105 heavy (non-hydrogen) atoms. The van der Waals surface area contributed by atoms with Crippen LogP contribution in [0, 0.1) is 10.8 Å². The van der Waals surface area contributed by atoms with Gasteiger partial charge in [0.1, 0.15) is 78.9 Å². The largest absolute Gasteiger partial charge is 0.790 e. The zero-order chi connectivity index (χ0) is 79.0. The molecule has 4 aromatic heterocycles. The molecule has 4 aromatic rings. The lowest BCUT2D eigenvalue weighted by Crippen LogP contribution is -2.46. The molecule has 13 N–H and O–H groups in total. The number of nitrogens with two attached hydrogens (primary N) is 2. The summed E-state index contributed by atoms with van der Waals surface area (Å²) in [5, 5.41) is 59.7. The van der Waals surface area contributed by atoms with Crippen molar-refractivity contribution in [3.8, 4) is 0 Å². The number of aliphatic hydroxyl groups is 4. The minimum atomic E-state index is -5.93. The second kappa shape index (κ2) is 38.3. The van der Waals surface area contributed by atoms with Gasteiger partial charge in [0.25, 0.3) is 31.3 Å². The summed E-state index contributed by atoms with van der Waals surface area (Å²) >= 11 is 1.72. The van der Waals surface area contributed by atoms with Crippen LogP contribution in [0.25, 0.3) is 22.3 Å². The average Bonchev–Trinajstić information content (AvgIpc) is 1.62. The Morgan fingerprint density at radius 2 is 0.933 bits per heavy atom. The third-order valence-electron chi connectivity index (χ3n) is 13.8. The van der Waals surface area contributed by atoms with Gasteiger partial charge in [0.2, 0.25) is 23.6 Å². The number of amides is 4. The van der Waals surface area contributed by atoms with Crippen molar-refractivity contribution in [1.82, 2.24) is 60.3 Å². The number of aliphatic hydroxyl groups excluding tert-OH is 4. The van der Waals surface area contributed by atoms with E-state index in [0.717, 1.165) is 60.1 Å². The number of fused-ring (bicyclic) bond motifs is 2. The lowest BCUT2D eigenvalue weighted by molar-refractivity contribution is -0.348. The number of hydrogen-bond donors (Lipinski definition) is 11. The van der Waals surface area contributed by atoms with E-state index in [1.165, 1.54) is 20.8 Å². The summed E-state index contributed by atoms with van der Waals surface area (Å²) in [4.78, 5) is 200. The zero-order valence-corrected chi connectivity index (χ0v) is 61.9. The fourth-order valence-corrected chi connectivity index (χ4v) is 15.4. The second-order valence-electron chi connectivity index (χ2n) is 23.1. The van der Waals surface area contributed by atoms with Crippen molar-refractivity contribution in [1.29, 1.82) is 0 Å². The Labute approximate surface area is 600 Å². The number of imidazole rings is 2. The van der Waals surface area contributed by atoms with E-state index in [1.54, 1.807) is 0 Å². The number of rotatable bonds is 40. The number of nitrogens with zero attached hydrogens (tertiary/aromatic N) is 8. The van der Waals surface area contributed by atoms with Gasteiger partial charge in [-0.3, -0.25) is 61.0 Å². The van der Waals surface area contributed by atoms with Gasteiger partial charge in [-0.2, -0.15) is 0 Å². The SMILES string of the molecule is CC(=O)SCCNC(=O)CCNC(=O)C(O)C(C)(C)COP(=O)([O-])OP(=O)([O-])OCC1OC(n2cnc3c(N)ncnc32)C(O)C1OP(=O)([O-])[O-].CC(C)(COP(=O)([O-])OP(=O)([O-])OCC1OC(n2cnc3c(N)ncnc32)C(O)C1OP(=O)([O-])[O-])C(O)C(=O)NCCC(=O)NCCSC(=O)CC(=O)O. The Hall–Kier alpha value is -5.41. The van der Waals surface area contributed by atoms with Crippen LogP contribution in [0.4, 0.5) is 11.6 Å². The number of phosphoric acid groups is 6. The van der Waals surface area contributed by atoms with Crippen LogP contribution in [-0.2, 0) is 106 Å². The third-order valence-corrected chi connectivity index (χ3v) is 21.5. The lowest BCUT2D eigenvalue weighted by atomic mass is 9.87. The second-order valence-corrected chi connectivity index (χ2v) is 33.6. The molecule has 50 nitrogen and oxygen atoms in total. The maximum absolute atomic E-state index is 12.5. The molecule has 0 spiro atoms. The van der Waals surface area contributed by atoms with Crippen LogP contribution >= 0.6 is 70.5 Å². The number of nitrogen functional groups attached to an aromatic ring is 2. The van der Waals surface area contributed by atoms with Crippen LogP contribution in [-0.4, -0.2) is 217 Å². The first-order chi connectivity index (χ1) is 48.4. The summed E-state index contributed by atoms with van der Waals surface area (Å²) in [6.45, 7) is 1.22. The number of anilines is 2. The summed E-state index contributed by atoms with van der Waals surface area (Å²) in [5.41, 5.74) is 8.06. The number of phosphoric ester groups is 6. The highest BCUT2D eigenvalue weighted by molar-refractivity contribution is 8.13. The topological polar surface area (TPSA) is 787 Å². The number of carboxylic acids is 1. The van der Waals surface area contributed by atoms with E-state index in [2.05, 4.69) is 86.9 Å². The van der Waals surface area contributed by atoms with Gasteiger partial charge in [-0.1, -0.05) is 51.2 Å². The van der Waals surface area contributed by atoms with Gasteiger partial charge in [-0.05, 0) is 0 Å². The summed E-state index contributed by atoms with van der Waals surface area (Å²) in [7, 11) is -35.2. The Morgan fingerprint density at radius 1 is 0.571 bits per heavy atom. The highest BCUT2D eigenvalue weighted by Gasteiger charge is 2.49. The summed E-state index contributed by atoms with van der Waals surface area (Å²) in [6, 6.07) is 0. The standard InChI is InChI=1S/C24H38N7O19P3S.C23H38N7O17P3S/c1-24(2,19(37)22(38)27-4-3-13(32)26-5-6-54-15(35)7-14(33)34)9-47-53(44,45)50-52(42,43)46-8-12-18(49-51(39,40)41)17(36)23(48-12)31-11-30-16-20(25)28-10-29-21(16)31;1-12(31)51-7-6-25-14(32)4-5-26-21(35)18(34)23(2,3)9-44-50(41,42)47-49(39,40)43-8-13-17(46-48(36,37)38)16(33)22(45-13)30-11-29-15-19(24)27-10-28-20(15)30/h10-12,17-19,23,36-37H,3-9H2,1-2H3,(H,26,32)(H,27,38)(H,33,34)(H,42,43)(H,44,45)(H2,25,28,29)(H2,39,40,41);10-11,13,16-18,22,33-34H,4-9H2,1-3H3,(H,25,32)(H,26,35)(H,39,40)(H,41,42)(H2,24,27,28)(H2,36,37,38)/p-8. The third kappa shape index (κ3) is 28.8. The zero-order valence-electron chi connectivity index (χ0n) is 54.9. The predicted molar refractivity (Wildman–Crippen MR) is 334 cm³/mol. The van der Waals surface area contributed by atoms with Gasteiger partial charge in [0.15, 0.2) is 45.6 Å². The average molecular weight is 1660 g/mol. The number of ether oxygens (including phenoxy) is 2. The van der Waals surface area contributed by atoms with E-state index in [-0.39, 0.29) is 83.9 Å². The maximum Gasteiger partial charge on any atom is 0.311 e. The summed E-state index contributed by atoms with van der Waals surface area (Å²) in [6.07, 6.45) is -16.0. The molecule has 0 radical (unpaired) electrons. The quantitative estimate of drug-likeness (QED) is 0.0112. The van der Waals surface area contributed by atoms with Crippen molar-refractivity contribution < 1.29 is 171 Å². The molecule has 6 rings (SSSR count). The van der Waals surface area contributed by atoms with Gasteiger partial charge >= 0.3 is 5.97 Å². The Balaban J connectivity index is 0.000000378. The Bertz CT molecular complexity index is 4040. The Morgan fingerprint density at radius 3 is 1.29 bits per heavy atom. The maximum atomic E-state index is 12.5. The van der Waals surface area contributed by atoms with Crippen LogP contribution in [0.15, 0.2) is 25.3 Å². The van der Waals surface area contributed by atoms with Crippen LogP contribution in [0.2, 0.25) is 0 Å². The number of carboxylic acid groups (broad SMARTS) is 1. The van der Waals surface area contributed by atoms with Crippen molar-refractivity contribution >= 4 is 144 Å². The minimum absolute atomic E-state index is 0.0176. The number of aliphatic carboxylic acids is 1. The van der Waals surface area contributed by atoms with Gasteiger partial charge in [-0.15, -0.1) is 0 Å². The molecule has 2 aliphatic heterocycles.